The number of carboxylic acid groups (broad SMARTS) is 1. The Morgan fingerprint density at radius 2 is 1.55 bits per heavy atom. The summed E-state index contributed by atoms with van der Waals surface area (Å²) in [5.74, 6) is -9.21. The maximum Gasteiger partial charge on any atom is 0.378 e. The van der Waals surface area contributed by atoms with E-state index in [2.05, 4.69) is 0 Å². The molecule has 2 aliphatic carbocycles. The smallest absolute Gasteiger partial charge is 0.378 e. The van der Waals surface area contributed by atoms with Gasteiger partial charge in [-0.05, 0) is 57.6 Å². The number of alkyl halides is 2. The van der Waals surface area contributed by atoms with Gasteiger partial charge in [-0.25, -0.2) is 14.4 Å². The fourth-order valence-corrected chi connectivity index (χ4v) is 4.55. The van der Waals surface area contributed by atoms with Crippen molar-refractivity contribution in [2.75, 3.05) is 0 Å². The molecule has 1 N–H and O–H groups in total. The predicted molar refractivity (Wildman–Crippen MR) is 107 cm³/mol. The molecule has 1 atom stereocenters. The number of hydrogen-bond acceptors (Lipinski definition) is 5. The Bertz CT molecular complexity index is 825. The molecule has 0 spiro atoms. The SMILES string of the molecule is CC1(OC(=O)c2ccccc2C(=O)OC(C2CCCCC2)C(F)(F)C(=O)O)CCCC1. The molecule has 0 aliphatic heterocycles. The molecule has 8 heteroatoms. The van der Waals surface area contributed by atoms with Gasteiger partial charge in [0.1, 0.15) is 5.60 Å². The Morgan fingerprint density at radius 1 is 1.00 bits per heavy atom. The maximum absolute atomic E-state index is 14.5. The number of aliphatic carboxylic acids is 1. The third kappa shape index (κ3) is 5.22. The van der Waals surface area contributed by atoms with Crippen LogP contribution in [0.5, 0.6) is 0 Å². The molecule has 1 aromatic rings. The van der Waals surface area contributed by atoms with E-state index < -0.39 is 41.5 Å². The van der Waals surface area contributed by atoms with Crippen LogP contribution in [0.4, 0.5) is 8.78 Å². The zero-order valence-corrected chi connectivity index (χ0v) is 17.6. The van der Waals surface area contributed by atoms with E-state index in [4.69, 9.17) is 14.6 Å². The largest absolute Gasteiger partial charge is 0.477 e. The normalized spacial score (nSPS) is 20.1. The summed E-state index contributed by atoms with van der Waals surface area (Å²) < 4.78 is 39.7. The lowest BCUT2D eigenvalue weighted by Crippen LogP contribution is -2.49. The summed E-state index contributed by atoms with van der Waals surface area (Å²) in [4.78, 5) is 36.8. The second kappa shape index (κ2) is 9.32. The van der Waals surface area contributed by atoms with Crippen molar-refractivity contribution in [3.8, 4) is 0 Å². The minimum atomic E-state index is -4.23. The first-order valence-electron chi connectivity index (χ1n) is 10.8. The second-order valence-electron chi connectivity index (χ2n) is 8.74. The van der Waals surface area contributed by atoms with Crippen molar-refractivity contribution in [3.05, 3.63) is 35.4 Å². The molecule has 0 amide bonds. The molecular formula is C23H28F2O6. The molecular weight excluding hydrogens is 410 g/mol. The zero-order valence-electron chi connectivity index (χ0n) is 17.6. The van der Waals surface area contributed by atoms with E-state index in [1.54, 1.807) is 0 Å². The third-order valence-electron chi connectivity index (χ3n) is 6.32. The van der Waals surface area contributed by atoms with Crippen molar-refractivity contribution in [3.63, 3.8) is 0 Å². The third-order valence-corrected chi connectivity index (χ3v) is 6.32. The Morgan fingerprint density at radius 3 is 2.10 bits per heavy atom. The van der Waals surface area contributed by atoms with Crippen molar-refractivity contribution in [1.82, 2.24) is 0 Å². The molecule has 0 heterocycles. The molecule has 3 rings (SSSR count). The van der Waals surface area contributed by atoms with Gasteiger partial charge in [0, 0.05) is 5.92 Å². The molecule has 1 aromatic carbocycles. The zero-order chi connectivity index (χ0) is 22.6. The van der Waals surface area contributed by atoms with Crippen LogP contribution in [0.1, 0.15) is 85.4 Å². The van der Waals surface area contributed by atoms with Gasteiger partial charge in [-0.1, -0.05) is 31.4 Å². The van der Waals surface area contributed by atoms with E-state index >= 15 is 0 Å². The van der Waals surface area contributed by atoms with E-state index in [0.29, 0.717) is 38.5 Å². The molecule has 170 valence electrons. The Kier molecular flexibility index (Phi) is 6.96. The van der Waals surface area contributed by atoms with E-state index in [9.17, 15) is 23.2 Å². The highest BCUT2D eigenvalue weighted by atomic mass is 19.3. The van der Waals surface area contributed by atoms with Gasteiger partial charge in [-0.2, -0.15) is 8.78 Å². The maximum atomic E-state index is 14.5. The van der Waals surface area contributed by atoms with Gasteiger partial charge < -0.3 is 14.6 Å². The van der Waals surface area contributed by atoms with Gasteiger partial charge in [0.05, 0.1) is 11.1 Å². The van der Waals surface area contributed by atoms with Crippen molar-refractivity contribution in [1.29, 1.82) is 0 Å². The van der Waals surface area contributed by atoms with Crippen LogP contribution in [0.15, 0.2) is 24.3 Å². The first kappa shape index (κ1) is 23.2. The number of esters is 2. The Balaban J connectivity index is 1.83. The molecule has 1 unspecified atom stereocenters. The lowest BCUT2D eigenvalue weighted by atomic mass is 9.83. The van der Waals surface area contributed by atoms with Crippen molar-refractivity contribution < 1.29 is 37.7 Å². The van der Waals surface area contributed by atoms with Crippen LogP contribution < -0.4 is 0 Å². The number of carbonyl (C=O) groups is 3. The molecule has 2 fully saturated rings. The van der Waals surface area contributed by atoms with E-state index in [0.717, 1.165) is 19.3 Å². The number of rotatable bonds is 7. The first-order valence-corrected chi connectivity index (χ1v) is 10.8. The van der Waals surface area contributed by atoms with Crippen molar-refractivity contribution in [2.24, 2.45) is 5.92 Å². The minimum Gasteiger partial charge on any atom is -0.477 e. The molecule has 6 nitrogen and oxygen atoms in total. The molecule has 0 bridgehead atoms. The van der Waals surface area contributed by atoms with Crippen LogP contribution in [-0.4, -0.2) is 40.6 Å². The standard InChI is InChI=1S/C23H28F2O6/c1-22(13-7-8-14-22)31-20(27)17-12-6-5-11-16(17)19(26)30-18(23(24,25)21(28)29)15-9-3-2-4-10-15/h5-6,11-12,15,18H,2-4,7-10,13-14H2,1H3,(H,28,29). The quantitative estimate of drug-likeness (QED) is 0.603. The van der Waals surface area contributed by atoms with Crippen LogP contribution in [0.25, 0.3) is 0 Å². The minimum absolute atomic E-state index is 0.0818. The van der Waals surface area contributed by atoms with Gasteiger partial charge in [-0.3, -0.25) is 0 Å². The van der Waals surface area contributed by atoms with Crippen LogP contribution in [0, 0.1) is 5.92 Å². The topological polar surface area (TPSA) is 89.9 Å². The van der Waals surface area contributed by atoms with Gasteiger partial charge in [0.2, 0.25) is 0 Å². The summed E-state index contributed by atoms with van der Waals surface area (Å²) in [6.07, 6.45) is 4.07. The molecule has 0 aromatic heterocycles. The average molecular weight is 438 g/mol. The summed E-state index contributed by atoms with van der Waals surface area (Å²) >= 11 is 0. The fraction of sp³-hybridized carbons (Fsp3) is 0.609. The molecule has 0 radical (unpaired) electrons. The lowest BCUT2D eigenvalue weighted by molar-refractivity contribution is -0.189. The second-order valence-corrected chi connectivity index (χ2v) is 8.74. The number of ether oxygens (including phenoxy) is 2. The van der Waals surface area contributed by atoms with Crippen LogP contribution in [0.3, 0.4) is 0 Å². The van der Waals surface area contributed by atoms with E-state index in [1.807, 2.05) is 6.92 Å². The number of hydrogen-bond donors (Lipinski definition) is 1. The summed E-state index contributed by atoms with van der Waals surface area (Å²) in [5, 5.41) is 9.04. The molecule has 2 saturated carbocycles. The van der Waals surface area contributed by atoms with Crippen LogP contribution >= 0.6 is 0 Å². The van der Waals surface area contributed by atoms with Gasteiger partial charge in [0.15, 0.2) is 6.10 Å². The highest BCUT2D eigenvalue weighted by molar-refractivity contribution is 6.03. The summed E-state index contributed by atoms with van der Waals surface area (Å²) in [5.41, 5.74) is -0.924. The van der Waals surface area contributed by atoms with E-state index in [1.165, 1.54) is 24.3 Å². The van der Waals surface area contributed by atoms with Crippen LogP contribution in [-0.2, 0) is 14.3 Å². The van der Waals surface area contributed by atoms with Crippen molar-refractivity contribution >= 4 is 17.9 Å². The molecule has 0 saturated heterocycles. The van der Waals surface area contributed by atoms with E-state index in [-0.39, 0.29) is 11.1 Å². The van der Waals surface area contributed by atoms with Gasteiger partial charge in [0.25, 0.3) is 0 Å². The first-order chi connectivity index (χ1) is 14.6. The van der Waals surface area contributed by atoms with Gasteiger partial charge in [-0.15, -0.1) is 0 Å². The number of carbonyl (C=O) groups excluding carboxylic acids is 2. The predicted octanol–water partition coefficient (Wildman–Crippen LogP) is 5.00. The summed E-state index contributed by atoms with van der Waals surface area (Å²) in [6, 6.07) is 5.69. The molecule has 31 heavy (non-hydrogen) atoms. The van der Waals surface area contributed by atoms with Crippen molar-refractivity contribution in [2.45, 2.75) is 82.3 Å². The number of halogens is 2. The summed E-state index contributed by atoms with van der Waals surface area (Å²) in [6.45, 7) is 1.82. The monoisotopic (exact) mass is 438 g/mol. The lowest BCUT2D eigenvalue weighted by Gasteiger charge is -2.33. The number of benzene rings is 1. The van der Waals surface area contributed by atoms with Gasteiger partial charge >= 0.3 is 23.8 Å². The fourth-order valence-electron chi connectivity index (χ4n) is 4.55. The Labute approximate surface area is 179 Å². The number of carboxylic acids is 1. The molecule has 2 aliphatic rings. The van der Waals surface area contributed by atoms with Crippen LogP contribution in [0.2, 0.25) is 0 Å². The Hall–Kier alpha value is -2.51. The summed E-state index contributed by atoms with van der Waals surface area (Å²) in [7, 11) is 0. The highest BCUT2D eigenvalue weighted by Crippen LogP contribution is 2.37. The average Bonchev–Trinajstić information content (AvgIpc) is 3.18. The highest BCUT2D eigenvalue weighted by Gasteiger charge is 2.54.